The summed E-state index contributed by atoms with van der Waals surface area (Å²) in [6.07, 6.45) is 11.1. The highest BCUT2D eigenvalue weighted by Crippen LogP contribution is 2.28. The number of hydrogen-bond acceptors (Lipinski definition) is 4. The molecule has 0 bridgehead atoms. The zero-order chi connectivity index (χ0) is 17.1. The quantitative estimate of drug-likeness (QED) is 0.720. The molecule has 3 heterocycles. The second kappa shape index (κ2) is 6.60. The van der Waals surface area contributed by atoms with Crippen molar-refractivity contribution < 1.29 is 9.53 Å². The minimum Gasteiger partial charge on any atom is -0.493 e. The number of hydrogen-bond donors (Lipinski definition) is 2. The van der Waals surface area contributed by atoms with Crippen LogP contribution in [0.1, 0.15) is 11.1 Å². The summed E-state index contributed by atoms with van der Waals surface area (Å²) in [6, 6.07) is 7.58. The number of ether oxygens (including phenoxy) is 1. The van der Waals surface area contributed by atoms with Crippen molar-refractivity contribution in [2.24, 2.45) is 0 Å². The van der Waals surface area contributed by atoms with Crippen molar-refractivity contribution in [1.82, 2.24) is 15.2 Å². The molecule has 124 valence electrons. The van der Waals surface area contributed by atoms with Gasteiger partial charge >= 0.3 is 0 Å². The highest BCUT2D eigenvalue weighted by Gasteiger charge is 2.12. The topological polar surface area (TPSA) is 79.9 Å². The fraction of sp³-hybridized carbons (Fsp3) is 0.105. The maximum atomic E-state index is 12.2. The van der Waals surface area contributed by atoms with Crippen LogP contribution >= 0.6 is 0 Å². The van der Waals surface area contributed by atoms with E-state index in [1.807, 2.05) is 24.3 Å². The molecule has 25 heavy (non-hydrogen) atoms. The van der Waals surface area contributed by atoms with Crippen LogP contribution in [-0.4, -0.2) is 27.7 Å². The van der Waals surface area contributed by atoms with Crippen LogP contribution in [0.25, 0.3) is 17.2 Å². The van der Waals surface area contributed by atoms with Crippen LogP contribution in [0.15, 0.2) is 55.1 Å². The summed E-state index contributed by atoms with van der Waals surface area (Å²) in [4.78, 5) is 16.3. The van der Waals surface area contributed by atoms with Crippen LogP contribution in [0.5, 0.6) is 5.75 Å². The molecule has 6 nitrogen and oxygen atoms in total. The molecule has 0 radical (unpaired) electrons. The van der Waals surface area contributed by atoms with Gasteiger partial charge in [-0.1, -0.05) is 0 Å². The molecule has 2 N–H and O–H groups in total. The maximum absolute atomic E-state index is 12.2. The summed E-state index contributed by atoms with van der Waals surface area (Å²) < 4.78 is 5.47. The maximum Gasteiger partial charge on any atom is 0.248 e. The Labute approximate surface area is 144 Å². The molecule has 0 saturated carbocycles. The van der Waals surface area contributed by atoms with Crippen molar-refractivity contribution in [1.29, 1.82) is 0 Å². The van der Waals surface area contributed by atoms with Crippen LogP contribution < -0.4 is 10.1 Å². The van der Waals surface area contributed by atoms with E-state index < -0.39 is 0 Å². The van der Waals surface area contributed by atoms with Crippen molar-refractivity contribution in [3.8, 4) is 16.9 Å². The largest absolute Gasteiger partial charge is 0.493 e. The molecule has 1 aromatic carbocycles. The molecule has 0 atom stereocenters. The van der Waals surface area contributed by atoms with Gasteiger partial charge in [0.2, 0.25) is 5.91 Å². The minimum atomic E-state index is -0.194. The SMILES string of the molecule is O=C(/C=C/c1cnccc1-c1cn[nH]c1)Nc1ccc2c(c1)CCO2. The number of fused-ring (bicyclic) bond motifs is 1. The van der Waals surface area contributed by atoms with Gasteiger partial charge < -0.3 is 10.1 Å². The predicted octanol–water partition coefficient (Wildman–Crippen LogP) is 3.06. The van der Waals surface area contributed by atoms with Crippen molar-refractivity contribution in [3.05, 3.63) is 66.3 Å². The summed E-state index contributed by atoms with van der Waals surface area (Å²) in [5.74, 6) is 0.703. The summed E-state index contributed by atoms with van der Waals surface area (Å²) >= 11 is 0. The highest BCUT2D eigenvalue weighted by molar-refractivity contribution is 6.02. The Bertz CT molecular complexity index is 932. The second-order valence-electron chi connectivity index (χ2n) is 5.69. The van der Waals surface area contributed by atoms with E-state index >= 15 is 0 Å². The van der Waals surface area contributed by atoms with E-state index in [9.17, 15) is 4.79 Å². The zero-order valence-corrected chi connectivity index (χ0v) is 13.4. The highest BCUT2D eigenvalue weighted by atomic mass is 16.5. The van der Waals surface area contributed by atoms with E-state index in [0.717, 1.165) is 40.1 Å². The smallest absolute Gasteiger partial charge is 0.248 e. The van der Waals surface area contributed by atoms with Gasteiger partial charge in [-0.2, -0.15) is 5.10 Å². The molecule has 6 heteroatoms. The molecule has 1 aliphatic rings. The van der Waals surface area contributed by atoms with Gasteiger partial charge in [-0.3, -0.25) is 14.9 Å². The lowest BCUT2D eigenvalue weighted by Crippen LogP contribution is -2.07. The number of benzene rings is 1. The van der Waals surface area contributed by atoms with Gasteiger partial charge in [0.1, 0.15) is 5.75 Å². The number of pyridine rings is 1. The summed E-state index contributed by atoms with van der Waals surface area (Å²) in [5, 5.41) is 9.63. The van der Waals surface area contributed by atoms with E-state index in [-0.39, 0.29) is 5.91 Å². The van der Waals surface area contributed by atoms with E-state index in [0.29, 0.717) is 6.61 Å². The first-order valence-electron chi connectivity index (χ1n) is 7.97. The van der Waals surface area contributed by atoms with Gasteiger partial charge in [-0.05, 0) is 41.5 Å². The normalized spacial score (nSPS) is 12.8. The fourth-order valence-electron chi connectivity index (χ4n) is 2.81. The third-order valence-electron chi connectivity index (χ3n) is 4.03. The Morgan fingerprint density at radius 1 is 1.28 bits per heavy atom. The van der Waals surface area contributed by atoms with Crippen molar-refractivity contribution in [3.63, 3.8) is 0 Å². The van der Waals surface area contributed by atoms with E-state index in [1.54, 1.807) is 30.9 Å². The molecule has 0 fully saturated rings. The van der Waals surface area contributed by atoms with Gasteiger partial charge in [0.05, 0.1) is 12.8 Å². The van der Waals surface area contributed by atoms with Gasteiger partial charge in [-0.15, -0.1) is 0 Å². The summed E-state index contributed by atoms with van der Waals surface area (Å²) in [6.45, 7) is 0.699. The number of nitrogens with one attached hydrogen (secondary N) is 2. The Morgan fingerprint density at radius 3 is 3.12 bits per heavy atom. The van der Waals surface area contributed by atoms with Crippen LogP contribution in [0.3, 0.4) is 0 Å². The predicted molar refractivity (Wildman–Crippen MR) is 95.1 cm³/mol. The average molecular weight is 332 g/mol. The van der Waals surface area contributed by atoms with Gasteiger partial charge in [-0.25, -0.2) is 0 Å². The molecule has 0 spiro atoms. The lowest BCUT2D eigenvalue weighted by atomic mass is 10.0. The number of carbonyl (C=O) groups is 1. The third kappa shape index (κ3) is 3.28. The van der Waals surface area contributed by atoms with E-state index in [1.165, 1.54) is 6.08 Å². The summed E-state index contributed by atoms with van der Waals surface area (Å²) in [5.41, 5.74) is 4.64. The molecule has 1 amide bonds. The zero-order valence-electron chi connectivity index (χ0n) is 13.4. The van der Waals surface area contributed by atoms with E-state index in [4.69, 9.17) is 4.74 Å². The second-order valence-corrected chi connectivity index (χ2v) is 5.69. The minimum absolute atomic E-state index is 0.194. The molecule has 0 saturated heterocycles. The van der Waals surface area contributed by atoms with Crippen LogP contribution in [0.2, 0.25) is 0 Å². The number of aromatic amines is 1. The number of amides is 1. The Hall–Kier alpha value is -3.41. The van der Waals surface area contributed by atoms with E-state index in [2.05, 4.69) is 20.5 Å². The number of nitrogens with zero attached hydrogens (tertiary/aromatic N) is 2. The number of H-pyrrole nitrogens is 1. The number of rotatable bonds is 4. The molecule has 2 aromatic heterocycles. The van der Waals surface area contributed by atoms with Crippen molar-refractivity contribution >= 4 is 17.7 Å². The first-order valence-corrected chi connectivity index (χ1v) is 7.97. The van der Waals surface area contributed by atoms with Crippen LogP contribution in [0, 0.1) is 0 Å². The monoisotopic (exact) mass is 332 g/mol. The van der Waals surface area contributed by atoms with Gasteiger partial charge in [0.25, 0.3) is 0 Å². The Kier molecular flexibility index (Phi) is 4.00. The Balaban J connectivity index is 1.50. The first-order chi connectivity index (χ1) is 12.3. The number of aromatic nitrogens is 3. The molecule has 1 aliphatic heterocycles. The van der Waals surface area contributed by atoms with Gasteiger partial charge in [0.15, 0.2) is 0 Å². The molecule has 0 unspecified atom stereocenters. The Morgan fingerprint density at radius 2 is 2.24 bits per heavy atom. The first kappa shape index (κ1) is 15.1. The van der Waals surface area contributed by atoms with Crippen molar-refractivity contribution in [2.45, 2.75) is 6.42 Å². The standard InChI is InChI=1S/C19H16N4O2/c24-19(23-16-2-3-18-13(9-16)6-8-25-18)4-1-14-10-20-7-5-17(14)15-11-21-22-12-15/h1-5,7,9-12H,6,8H2,(H,21,22)(H,23,24)/b4-1+. The molecule has 0 aliphatic carbocycles. The summed E-state index contributed by atoms with van der Waals surface area (Å²) in [7, 11) is 0. The molecular formula is C19H16N4O2. The lowest BCUT2D eigenvalue weighted by molar-refractivity contribution is -0.111. The lowest BCUT2D eigenvalue weighted by Gasteiger charge is -2.05. The third-order valence-corrected chi connectivity index (χ3v) is 4.03. The number of carbonyl (C=O) groups excluding carboxylic acids is 1. The van der Waals surface area contributed by atoms with Crippen LogP contribution in [0.4, 0.5) is 5.69 Å². The van der Waals surface area contributed by atoms with Crippen molar-refractivity contribution in [2.75, 3.05) is 11.9 Å². The molecule has 4 rings (SSSR count). The van der Waals surface area contributed by atoms with Gasteiger partial charge in [0, 0.05) is 47.9 Å². The average Bonchev–Trinajstić information content (AvgIpc) is 3.31. The molecular weight excluding hydrogens is 316 g/mol. The van der Waals surface area contributed by atoms with Crippen LogP contribution in [-0.2, 0) is 11.2 Å². The molecule has 3 aromatic rings. The fourth-order valence-corrected chi connectivity index (χ4v) is 2.81. The number of anilines is 1.